The van der Waals surface area contributed by atoms with Crippen molar-refractivity contribution in [1.82, 2.24) is 9.55 Å². The van der Waals surface area contributed by atoms with Crippen molar-refractivity contribution in [2.24, 2.45) is 4.99 Å². The molecule has 5 rings (SSSR count). The van der Waals surface area contributed by atoms with Crippen LogP contribution in [0.5, 0.6) is 5.88 Å². The largest absolute Gasteiger partial charge is 0.494 e. The van der Waals surface area contributed by atoms with Crippen LogP contribution < -0.4 is 5.56 Å². The van der Waals surface area contributed by atoms with Crippen LogP contribution in [0.4, 0.5) is 5.00 Å². The van der Waals surface area contributed by atoms with Crippen LogP contribution in [0.25, 0.3) is 16.6 Å². The molecule has 1 aromatic carbocycles. The van der Waals surface area contributed by atoms with Gasteiger partial charge >= 0.3 is 0 Å². The second-order valence-corrected chi connectivity index (χ2v) is 8.10. The minimum Gasteiger partial charge on any atom is -0.494 e. The van der Waals surface area contributed by atoms with Crippen molar-refractivity contribution in [3.63, 3.8) is 0 Å². The van der Waals surface area contributed by atoms with Gasteiger partial charge in [-0.15, -0.1) is 11.3 Å². The molecule has 0 atom stereocenters. The molecular weight excluding hydrogens is 396 g/mol. The minimum absolute atomic E-state index is 0.233. The normalized spacial score (nSPS) is 13.0. The molecule has 0 spiro atoms. The Balaban J connectivity index is 1.73. The number of fused-ring (bicyclic) bond motifs is 2. The molecule has 0 unspecified atom stereocenters. The SMILES string of the molecule is N#Cc1c(/N=C/c2c(O)n(-c3ccccn3)c(=O)c3ccccc23)sc2c1CCC2. The Labute approximate surface area is 176 Å². The fourth-order valence-corrected chi connectivity index (χ4v) is 5.09. The van der Waals surface area contributed by atoms with Gasteiger partial charge in [0.1, 0.15) is 16.9 Å². The third kappa shape index (κ3) is 2.81. The van der Waals surface area contributed by atoms with Crippen molar-refractivity contribution in [2.45, 2.75) is 19.3 Å². The fourth-order valence-electron chi connectivity index (χ4n) is 3.91. The quantitative estimate of drug-likeness (QED) is 0.509. The summed E-state index contributed by atoms with van der Waals surface area (Å²) in [6.07, 6.45) is 6.06. The molecule has 0 saturated carbocycles. The molecule has 4 aromatic rings. The molecule has 0 amide bonds. The van der Waals surface area contributed by atoms with Crippen molar-refractivity contribution in [2.75, 3.05) is 0 Å². The molecule has 0 radical (unpaired) electrons. The summed E-state index contributed by atoms with van der Waals surface area (Å²) >= 11 is 1.52. The molecule has 3 heterocycles. The molecule has 30 heavy (non-hydrogen) atoms. The van der Waals surface area contributed by atoms with Gasteiger partial charge < -0.3 is 5.11 Å². The summed E-state index contributed by atoms with van der Waals surface area (Å²) in [6.45, 7) is 0. The van der Waals surface area contributed by atoms with E-state index in [0.717, 1.165) is 24.8 Å². The highest BCUT2D eigenvalue weighted by atomic mass is 32.1. The molecule has 0 bridgehead atoms. The maximum Gasteiger partial charge on any atom is 0.267 e. The average molecular weight is 412 g/mol. The first-order valence-electron chi connectivity index (χ1n) is 9.56. The lowest BCUT2D eigenvalue weighted by Crippen LogP contribution is -2.20. The second-order valence-electron chi connectivity index (χ2n) is 7.02. The maximum absolute atomic E-state index is 13.0. The zero-order chi connectivity index (χ0) is 20.7. The molecule has 6 nitrogen and oxygen atoms in total. The Hall–Kier alpha value is -3.76. The van der Waals surface area contributed by atoms with E-state index < -0.39 is 0 Å². The molecule has 146 valence electrons. The van der Waals surface area contributed by atoms with E-state index in [1.165, 1.54) is 20.8 Å². The van der Waals surface area contributed by atoms with Crippen LogP contribution in [0, 0.1) is 11.3 Å². The van der Waals surface area contributed by atoms with Gasteiger partial charge in [-0.2, -0.15) is 5.26 Å². The van der Waals surface area contributed by atoms with Crippen LogP contribution in [0.15, 0.2) is 58.4 Å². The van der Waals surface area contributed by atoms with E-state index in [0.29, 0.717) is 32.7 Å². The van der Waals surface area contributed by atoms with E-state index in [9.17, 15) is 15.2 Å². The van der Waals surface area contributed by atoms with Gasteiger partial charge in [-0.25, -0.2) is 14.5 Å². The zero-order valence-corrected chi connectivity index (χ0v) is 16.7. The van der Waals surface area contributed by atoms with Gasteiger partial charge in [-0.05, 0) is 43.0 Å². The number of pyridine rings is 2. The van der Waals surface area contributed by atoms with E-state index in [2.05, 4.69) is 16.0 Å². The van der Waals surface area contributed by atoms with Crippen LogP contribution in [-0.2, 0) is 12.8 Å². The molecule has 1 aliphatic rings. The van der Waals surface area contributed by atoms with E-state index in [4.69, 9.17) is 0 Å². The van der Waals surface area contributed by atoms with Crippen molar-refractivity contribution in [3.8, 4) is 17.8 Å². The van der Waals surface area contributed by atoms with E-state index in [-0.39, 0.29) is 11.4 Å². The van der Waals surface area contributed by atoms with Gasteiger partial charge in [-0.1, -0.05) is 24.3 Å². The minimum atomic E-state index is -0.355. The van der Waals surface area contributed by atoms with Gasteiger partial charge in [0, 0.05) is 28.1 Å². The fraction of sp³-hybridized carbons (Fsp3) is 0.130. The van der Waals surface area contributed by atoms with Gasteiger partial charge in [0.15, 0.2) is 0 Å². The molecule has 7 heteroatoms. The highest BCUT2D eigenvalue weighted by Gasteiger charge is 2.22. The smallest absolute Gasteiger partial charge is 0.267 e. The highest BCUT2D eigenvalue weighted by molar-refractivity contribution is 7.16. The third-order valence-corrected chi connectivity index (χ3v) is 6.51. The Morgan fingerprint density at radius 3 is 2.73 bits per heavy atom. The van der Waals surface area contributed by atoms with Crippen LogP contribution in [-0.4, -0.2) is 20.9 Å². The van der Waals surface area contributed by atoms with Crippen molar-refractivity contribution < 1.29 is 5.11 Å². The van der Waals surface area contributed by atoms with Crippen molar-refractivity contribution in [3.05, 3.63) is 80.6 Å². The number of aryl methyl sites for hydroxylation is 1. The first-order valence-corrected chi connectivity index (χ1v) is 10.4. The van der Waals surface area contributed by atoms with Crippen molar-refractivity contribution in [1.29, 1.82) is 5.26 Å². The predicted octanol–water partition coefficient (Wildman–Crippen LogP) is 4.26. The number of nitrogens with zero attached hydrogens (tertiary/aromatic N) is 4. The van der Waals surface area contributed by atoms with Crippen LogP contribution in [0.1, 0.15) is 28.0 Å². The van der Waals surface area contributed by atoms with Crippen LogP contribution in [0.3, 0.4) is 0 Å². The number of thiophene rings is 1. The first-order chi connectivity index (χ1) is 14.7. The molecular formula is C23H16N4O2S. The number of aromatic hydroxyl groups is 1. The molecule has 0 fully saturated rings. The van der Waals surface area contributed by atoms with Crippen molar-refractivity contribution >= 4 is 33.3 Å². The van der Waals surface area contributed by atoms with Gasteiger partial charge in [-0.3, -0.25) is 4.79 Å². The number of nitriles is 1. The Morgan fingerprint density at radius 2 is 1.97 bits per heavy atom. The van der Waals surface area contributed by atoms with E-state index >= 15 is 0 Å². The second kappa shape index (κ2) is 7.25. The first kappa shape index (κ1) is 18.3. The molecule has 1 N–H and O–H groups in total. The number of aromatic nitrogens is 2. The number of rotatable bonds is 3. The van der Waals surface area contributed by atoms with Crippen LogP contribution >= 0.6 is 11.3 Å². The number of hydrogen-bond acceptors (Lipinski definition) is 6. The molecule has 0 aliphatic heterocycles. The van der Waals surface area contributed by atoms with E-state index in [1.54, 1.807) is 48.8 Å². The summed E-state index contributed by atoms with van der Waals surface area (Å²) < 4.78 is 1.18. The van der Waals surface area contributed by atoms with Gasteiger partial charge in [0.2, 0.25) is 5.88 Å². The van der Waals surface area contributed by atoms with Gasteiger partial charge in [0.25, 0.3) is 5.56 Å². The summed E-state index contributed by atoms with van der Waals surface area (Å²) in [5.74, 6) is 0.0944. The zero-order valence-electron chi connectivity index (χ0n) is 15.9. The molecule has 3 aromatic heterocycles. The Morgan fingerprint density at radius 1 is 1.17 bits per heavy atom. The number of benzene rings is 1. The lowest BCUT2D eigenvalue weighted by Gasteiger charge is -2.12. The summed E-state index contributed by atoms with van der Waals surface area (Å²) in [7, 11) is 0. The van der Waals surface area contributed by atoms with Crippen LogP contribution in [0.2, 0.25) is 0 Å². The number of aliphatic imine (C=N–C) groups is 1. The lowest BCUT2D eigenvalue weighted by molar-refractivity contribution is 0.435. The lowest BCUT2D eigenvalue weighted by atomic mass is 10.1. The van der Waals surface area contributed by atoms with Gasteiger partial charge in [0.05, 0.1) is 11.1 Å². The standard InChI is InChI=1S/C23H16N4O2S/c24-12-17-15-8-5-9-19(15)30-21(17)26-13-18-14-6-1-2-7-16(14)22(28)27(23(18)29)20-10-3-4-11-25-20/h1-4,6-7,10-11,13,29H,5,8-9H2/b26-13+. The monoisotopic (exact) mass is 412 g/mol. The highest BCUT2D eigenvalue weighted by Crippen LogP contribution is 2.40. The summed E-state index contributed by atoms with van der Waals surface area (Å²) in [5.41, 5.74) is 1.77. The van der Waals surface area contributed by atoms with E-state index in [1.807, 2.05) is 6.07 Å². The Bertz CT molecular complexity index is 1410. The Kier molecular flexibility index (Phi) is 4.42. The molecule has 0 saturated heterocycles. The maximum atomic E-state index is 13.0. The summed E-state index contributed by atoms with van der Waals surface area (Å²) in [5, 5.41) is 22.3. The number of hydrogen-bond donors (Lipinski definition) is 1. The third-order valence-electron chi connectivity index (χ3n) is 5.31. The summed E-state index contributed by atoms with van der Waals surface area (Å²) in [6, 6.07) is 14.5. The summed E-state index contributed by atoms with van der Waals surface area (Å²) in [4.78, 5) is 23.0. The average Bonchev–Trinajstić information content (AvgIpc) is 3.35. The predicted molar refractivity (Wildman–Crippen MR) is 117 cm³/mol. The topological polar surface area (TPSA) is 91.3 Å². The molecule has 1 aliphatic carbocycles.